The van der Waals surface area contributed by atoms with E-state index in [-0.39, 0.29) is 5.82 Å². The Morgan fingerprint density at radius 3 is 2.73 bits per heavy atom. The molecular weight excluding hydrogens is 281 g/mol. The van der Waals surface area contributed by atoms with Crippen molar-refractivity contribution in [3.8, 4) is 17.2 Å². The standard InChI is InChI=1S/C18H20FNO2/c19-15-8-9-17(21-13-14-5-4-10-20-12-14)18(11-15)22-16-6-2-1-3-7-16/h1-3,6-9,11,14,20H,4-5,10,12-13H2. The summed E-state index contributed by atoms with van der Waals surface area (Å²) in [5.74, 6) is 1.81. The number of rotatable bonds is 5. The summed E-state index contributed by atoms with van der Waals surface area (Å²) in [6, 6.07) is 13.7. The normalized spacial score (nSPS) is 18.0. The van der Waals surface area contributed by atoms with Crippen LogP contribution in [0.5, 0.6) is 17.2 Å². The highest BCUT2D eigenvalue weighted by molar-refractivity contribution is 5.43. The van der Waals surface area contributed by atoms with Gasteiger partial charge in [0.25, 0.3) is 0 Å². The van der Waals surface area contributed by atoms with Gasteiger partial charge < -0.3 is 14.8 Å². The minimum Gasteiger partial charge on any atom is -0.489 e. The number of piperidine rings is 1. The Morgan fingerprint density at radius 1 is 1.09 bits per heavy atom. The zero-order chi connectivity index (χ0) is 15.2. The molecule has 1 aliphatic heterocycles. The first-order chi connectivity index (χ1) is 10.8. The number of nitrogens with one attached hydrogen (secondary N) is 1. The van der Waals surface area contributed by atoms with E-state index < -0.39 is 0 Å². The fourth-order valence-electron chi connectivity index (χ4n) is 2.57. The van der Waals surface area contributed by atoms with E-state index in [1.54, 1.807) is 6.07 Å². The highest BCUT2D eigenvalue weighted by Gasteiger charge is 2.15. The average molecular weight is 301 g/mol. The van der Waals surface area contributed by atoms with Gasteiger partial charge >= 0.3 is 0 Å². The number of benzene rings is 2. The predicted octanol–water partition coefficient (Wildman–Crippen LogP) is 4.00. The van der Waals surface area contributed by atoms with Crippen LogP contribution in [-0.4, -0.2) is 19.7 Å². The molecule has 0 saturated carbocycles. The Hall–Kier alpha value is -2.07. The smallest absolute Gasteiger partial charge is 0.172 e. The van der Waals surface area contributed by atoms with Crippen molar-refractivity contribution in [3.63, 3.8) is 0 Å². The van der Waals surface area contributed by atoms with Gasteiger partial charge in [0.2, 0.25) is 0 Å². The molecule has 1 unspecified atom stereocenters. The molecule has 1 N–H and O–H groups in total. The lowest BCUT2D eigenvalue weighted by atomic mass is 10.0. The summed E-state index contributed by atoms with van der Waals surface area (Å²) < 4.78 is 25.1. The topological polar surface area (TPSA) is 30.5 Å². The van der Waals surface area contributed by atoms with Crippen LogP contribution in [-0.2, 0) is 0 Å². The van der Waals surface area contributed by atoms with Gasteiger partial charge in [-0.15, -0.1) is 0 Å². The van der Waals surface area contributed by atoms with Crippen LogP contribution >= 0.6 is 0 Å². The molecular formula is C18H20FNO2. The lowest BCUT2D eigenvalue weighted by Crippen LogP contribution is -2.33. The molecule has 3 nitrogen and oxygen atoms in total. The summed E-state index contributed by atoms with van der Waals surface area (Å²) in [6.07, 6.45) is 2.33. The first kappa shape index (κ1) is 14.9. The minimum atomic E-state index is -0.336. The summed E-state index contributed by atoms with van der Waals surface area (Å²) >= 11 is 0. The highest BCUT2D eigenvalue weighted by atomic mass is 19.1. The van der Waals surface area contributed by atoms with Crippen LogP contribution in [0, 0.1) is 11.7 Å². The zero-order valence-electron chi connectivity index (χ0n) is 12.4. The minimum absolute atomic E-state index is 0.336. The van der Waals surface area contributed by atoms with Gasteiger partial charge in [-0.05, 0) is 43.7 Å². The fourth-order valence-corrected chi connectivity index (χ4v) is 2.57. The molecule has 0 radical (unpaired) electrons. The summed E-state index contributed by atoms with van der Waals surface area (Å²) in [4.78, 5) is 0. The van der Waals surface area contributed by atoms with E-state index >= 15 is 0 Å². The van der Waals surface area contributed by atoms with Gasteiger partial charge in [0.1, 0.15) is 11.6 Å². The highest BCUT2D eigenvalue weighted by Crippen LogP contribution is 2.32. The second-order valence-electron chi connectivity index (χ2n) is 5.53. The Kier molecular flexibility index (Phi) is 4.91. The summed E-state index contributed by atoms with van der Waals surface area (Å²) in [5.41, 5.74) is 0. The monoisotopic (exact) mass is 301 g/mol. The van der Waals surface area contributed by atoms with Crippen molar-refractivity contribution >= 4 is 0 Å². The first-order valence-corrected chi connectivity index (χ1v) is 7.67. The van der Waals surface area contributed by atoms with Crippen LogP contribution in [0.1, 0.15) is 12.8 Å². The van der Waals surface area contributed by atoms with E-state index in [1.165, 1.54) is 18.6 Å². The fraction of sp³-hybridized carbons (Fsp3) is 0.333. The number of halogens is 1. The Labute approximate surface area is 130 Å². The Bertz CT molecular complexity index is 597. The molecule has 4 heteroatoms. The molecule has 22 heavy (non-hydrogen) atoms. The number of hydrogen-bond acceptors (Lipinski definition) is 3. The van der Waals surface area contributed by atoms with E-state index in [9.17, 15) is 4.39 Å². The number of para-hydroxylation sites is 1. The largest absolute Gasteiger partial charge is 0.489 e. The van der Waals surface area contributed by atoms with Crippen molar-refractivity contribution in [2.24, 2.45) is 5.92 Å². The number of ether oxygens (including phenoxy) is 2. The van der Waals surface area contributed by atoms with E-state index in [4.69, 9.17) is 9.47 Å². The third-order valence-electron chi connectivity index (χ3n) is 3.75. The van der Waals surface area contributed by atoms with E-state index in [1.807, 2.05) is 30.3 Å². The van der Waals surface area contributed by atoms with Crippen molar-refractivity contribution < 1.29 is 13.9 Å². The van der Waals surface area contributed by atoms with Crippen molar-refractivity contribution in [1.82, 2.24) is 5.32 Å². The lowest BCUT2D eigenvalue weighted by Gasteiger charge is -2.23. The Balaban J connectivity index is 1.70. The molecule has 0 bridgehead atoms. The van der Waals surface area contributed by atoms with Gasteiger partial charge in [0, 0.05) is 18.5 Å². The second kappa shape index (κ2) is 7.27. The van der Waals surface area contributed by atoms with E-state index in [0.717, 1.165) is 19.5 Å². The lowest BCUT2D eigenvalue weighted by molar-refractivity contribution is 0.213. The third-order valence-corrected chi connectivity index (χ3v) is 3.75. The van der Waals surface area contributed by atoms with Crippen LogP contribution in [0.4, 0.5) is 4.39 Å². The third kappa shape index (κ3) is 3.98. The van der Waals surface area contributed by atoms with Gasteiger partial charge in [0.05, 0.1) is 6.61 Å². The van der Waals surface area contributed by atoms with Gasteiger partial charge in [-0.3, -0.25) is 0 Å². The quantitative estimate of drug-likeness (QED) is 0.905. The van der Waals surface area contributed by atoms with E-state index in [2.05, 4.69) is 5.32 Å². The molecule has 1 saturated heterocycles. The van der Waals surface area contributed by atoms with Crippen molar-refractivity contribution in [1.29, 1.82) is 0 Å². The zero-order valence-corrected chi connectivity index (χ0v) is 12.4. The molecule has 1 atom stereocenters. The maximum Gasteiger partial charge on any atom is 0.172 e. The molecule has 0 spiro atoms. The average Bonchev–Trinajstić information content (AvgIpc) is 2.56. The van der Waals surface area contributed by atoms with E-state index in [0.29, 0.717) is 29.8 Å². The Morgan fingerprint density at radius 2 is 1.95 bits per heavy atom. The number of hydrogen-bond donors (Lipinski definition) is 1. The van der Waals surface area contributed by atoms with Crippen molar-refractivity contribution in [2.45, 2.75) is 12.8 Å². The molecule has 1 aliphatic rings. The molecule has 1 heterocycles. The summed E-state index contributed by atoms with van der Waals surface area (Å²) in [6.45, 7) is 2.66. The summed E-state index contributed by atoms with van der Waals surface area (Å²) in [7, 11) is 0. The van der Waals surface area contributed by atoms with Crippen molar-refractivity contribution in [2.75, 3.05) is 19.7 Å². The van der Waals surface area contributed by atoms with Crippen LogP contribution in [0.2, 0.25) is 0 Å². The van der Waals surface area contributed by atoms with Gasteiger partial charge in [-0.2, -0.15) is 0 Å². The molecule has 2 aromatic rings. The first-order valence-electron chi connectivity index (χ1n) is 7.67. The van der Waals surface area contributed by atoms with Gasteiger partial charge in [-0.1, -0.05) is 18.2 Å². The second-order valence-corrected chi connectivity index (χ2v) is 5.53. The van der Waals surface area contributed by atoms with Gasteiger partial charge in [-0.25, -0.2) is 4.39 Å². The molecule has 3 rings (SSSR count). The molecule has 1 fully saturated rings. The molecule has 0 aliphatic carbocycles. The van der Waals surface area contributed by atoms with Crippen LogP contribution in [0.15, 0.2) is 48.5 Å². The molecule has 0 amide bonds. The summed E-state index contributed by atoms with van der Waals surface area (Å²) in [5, 5.41) is 3.36. The molecule has 2 aromatic carbocycles. The van der Waals surface area contributed by atoms with Crippen molar-refractivity contribution in [3.05, 3.63) is 54.3 Å². The SMILES string of the molecule is Fc1ccc(OCC2CCCNC2)c(Oc2ccccc2)c1. The van der Waals surface area contributed by atoms with Gasteiger partial charge in [0.15, 0.2) is 11.5 Å². The molecule has 116 valence electrons. The van der Waals surface area contributed by atoms with Crippen LogP contribution < -0.4 is 14.8 Å². The molecule has 0 aromatic heterocycles. The van der Waals surface area contributed by atoms with Crippen LogP contribution in [0.25, 0.3) is 0 Å². The maximum absolute atomic E-state index is 13.5. The predicted molar refractivity (Wildman–Crippen MR) is 84.0 cm³/mol. The maximum atomic E-state index is 13.5. The van der Waals surface area contributed by atoms with Crippen LogP contribution in [0.3, 0.4) is 0 Å².